The van der Waals surface area contributed by atoms with E-state index in [1.54, 1.807) is 6.92 Å². The van der Waals surface area contributed by atoms with E-state index < -0.39 is 5.82 Å². The normalized spacial score (nSPS) is 19.0. The van der Waals surface area contributed by atoms with Crippen LogP contribution in [0.2, 0.25) is 0 Å². The van der Waals surface area contributed by atoms with Gasteiger partial charge in [-0.05, 0) is 50.3 Å². The zero-order valence-electron chi connectivity index (χ0n) is 17.1. The summed E-state index contributed by atoms with van der Waals surface area (Å²) in [7, 11) is 0. The summed E-state index contributed by atoms with van der Waals surface area (Å²) in [6.45, 7) is 1.77. The Morgan fingerprint density at radius 1 is 1.19 bits per heavy atom. The number of hydrogen-bond acceptors (Lipinski definition) is 4. The SMILES string of the molecule is Cc1cc(F)cn2c(C(=O)N[C@H]3CC[C@H](c4n[nH]c(=O)c5ccccc54)CC3)cnc12. The molecule has 5 rings (SSSR count). The molecule has 0 spiro atoms. The molecule has 0 bridgehead atoms. The number of aromatic nitrogens is 4. The molecular weight excluding hydrogens is 397 g/mol. The van der Waals surface area contributed by atoms with Crippen LogP contribution in [0.5, 0.6) is 0 Å². The number of fused-ring (bicyclic) bond motifs is 2. The van der Waals surface area contributed by atoms with Gasteiger partial charge in [-0.25, -0.2) is 14.5 Å². The Labute approximate surface area is 177 Å². The van der Waals surface area contributed by atoms with E-state index in [0.717, 1.165) is 36.8 Å². The average Bonchev–Trinajstić information content (AvgIpc) is 3.19. The number of rotatable bonds is 3. The minimum Gasteiger partial charge on any atom is -0.348 e. The number of H-pyrrole nitrogens is 1. The molecule has 0 unspecified atom stereocenters. The molecule has 0 saturated heterocycles. The molecule has 1 aromatic carbocycles. The highest BCUT2D eigenvalue weighted by Crippen LogP contribution is 2.34. The summed E-state index contributed by atoms with van der Waals surface area (Å²) in [5, 5.41) is 11.6. The number of imidazole rings is 1. The Kier molecular flexibility index (Phi) is 4.77. The molecule has 31 heavy (non-hydrogen) atoms. The third kappa shape index (κ3) is 3.48. The Hall–Kier alpha value is -3.55. The molecule has 158 valence electrons. The third-order valence-corrected chi connectivity index (χ3v) is 6.16. The van der Waals surface area contributed by atoms with Crippen LogP contribution < -0.4 is 10.9 Å². The van der Waals surface area contributed by atoms with Gasteiger partial charge >= 0.3 is 0 Å². The van der Waals surface area contributed by atoms with Crippen molar-refractivity contribution >= 4 is 22.3 Å². The minimum atomic E-state index is -0.404. The molecule has 1 amide bonds. The quantitative estimate of drug-likeness (QED) is 0.532. The van der Waals surface area contributed by atoms with Crippen LogP contribution in [-0.2, 0) is 0 Å². The molecule has 7 nitrogen and oxygen atoms in total. The topological polar surface area (TPSA) is 92.1 Å². The van der Waals surface area contributed by atoms with Gasteiger partial charge in [0, 0.05) is 23.5 Å². The lowest BCUT2D eigenvalue weighted by Gasteiger charge is -2.29. The smallest absolute Gasteiger partial charge is 0.272 e. The van der Waals surface area contributed by atoms with Crippen LogP contribution in [0, 0.1) is 12.7 Å². The zero-order valence-corrected chi connectivity index (χ0v) is 17.1. The summed E-state index contributed by atoms with van der Waals surface area (Å²) in [5.74, 6) is -0.436. The highest BCUT2D eigenvalue weighted by Gasteiger charge is 2.27. The van der Waals surface area contributed by atoms with Crippen LogP contribution >= 0.6 is 0 Å². The highest BCUT2D eigenvalue weighted by molar-refractivity contribution is 5.93. The van der Waals surface area contributed by atoms with Gasteiger partial charge < -0.3 is 5.32 Å². The number of carbonyl (C=O) groups is 1. The number of benzene rings is 1. The second-order valence-electron chi connectivity index (χ2n) is 8.18. The second-order valence-corrected chi connectivity index (χ2v) is 8.18. The van der Waals surface area contributed by atoms with Gasteiger partial charge in [-0.2, -0.15) is 5.10 Å². The van der Waals surface area contributed by atoms with E-state index in [0.29, 0.717) is 22.3 Å². The number of halogens is 1. The number of aryl methyl sites for hydroxylation is 1. The zero-order chi connectivity index (χ0) is 21.5. The molecule has 8 heteroatoms. The fraction of sp³-hybridized carbons (Fsp3) is 0.304. The minimum absolute atomic E-state index is 0.0259. The van der Waals surface area contributed by atoms with Gasteiger partial charge in [0.15, 0.2) is 0 Å². The van der Waals surface area contributed by atoms with E-state index in [-0.39, 0.29) is 23.4 Å². The number of carbonyl (C=O) groups excluding carboxylic acids is 1. The molecule has 3 heterocycles. The van der Waals surface area contributed by atoms with Crippen LogP contribution in [0.3, 0.4) is 0 Å². The van der Waals surface area contributed by atoms with Crippen molar-refractivity contribution in [3.05, 3.63) is 75.8 Å². The van der Waals surface area contributed by atoms with Crippen molar-refractivity contribution in [1.82, 2.24) is 24.9 Å². The van der Waals surface area contributed by atoms with Crippen LogP contribution in [-0.4, -0.2) is 31.5 Å². The molecule has 1 saturated carbocycles. The Balaban J connectivity index is 1.30. The van der Waals surface area contributed by atoms with Gasteiger partial charge in [-0.3, -0.25) is 14.0 Å². The van der Waals surface area contributed by atoms with Crippen molar-refractivity contribution in [2.45, 2.75) is 44.6 Å². The molecule has 0 radical (unpaired) electrons. The Morgan fingerprint density at radius 3 is 2.71 bits per heavy atom. The Bertz CT molecular complexity index is 1350. The largest absolute Gasteiger partial charge is 0.348 e. The summed E-state index contributed by atoms with van der Waals surface area (Å²) >= 11 is 0. The lowest BCUT2D eigenvalue weighted by molar-refractivity contribution is 0.0919. The summed E-state index contributed by atoms with van der Waals surface area (Å²) < 4.78 is 15.3. The van der Waals surface area contributed by atoms with E-state index in [1.807, 2.05) is 24.3 Å². The predicted molar refractivity (Wildman–Crippen MR) is 115 cm³/mol. The molecule has 4 aromatic rings. The van der Waals surface area contributed by atoms with Gasteiger partial charge in [0.1, 0.15) is 17.2 Å². The molecular formula is C23H22FN5O2. The van der Waals surface area contributed by atoms with Crippen molar-refractivity contribution in [3.63, 3.8) is 0 Å². The van der Waals surface area contributed by atoms with E-state index >= 15 is 0 Å². The molecule has 3 aromatic heterocycles. The predicted octanol–water partition coefficient (Wildman–Crippen LogP) is 3.47. The van der Waals surface area contributed by atoms with Crippen molar-refractivity contribution in [2.75, 3.05) is 0 Å². The average molecular weight is 419 g/mol. The van der Waals surface area contributed by atoms with Crippen molar-refractivity contribution in [1.29, 1.82) is 0 Å². The van der Waals surface area contributed by atoms with Crippen LogP contribution in [0.1, 0.15) is 53.3 Å². The summed E-state index contributed by atoms with van der Waals surface area (Å²) in [6.07, 6.45) is 6.09. The van der Waals surface area contributed by atoms with Crippen LogP contribution in [0.25, 0.3) is 16.4 Å². The molecule has 1 aliphatic rings. The maximum atomic E-state index is 13.8. The van der Waals surface area contributed by atoms with E-state index in [1.165, 1.54) is 22.9 Å². The fourth-order valence-electron chi connectivity index (χ4n) is 4.60. The summed E-state index contributed by atoms with van der Waals surface area (Å²) in [6, 6.07) is 8.94. The summed E-state index contributed by atoms with van der Waals surface area (Å²) in [5.41, 5.74) is 2.31. The number of nitrogens with one attached hydrogen (secondary N) is 2. The Morgan fingerprint density at radius 2 is 1.94 bits per heavy atom. The van der Waals surface area contributed by atoms with Crippen LogP contribution in [0.4, 0.5) is 4.39 Å². The first kappa shape index (κ1) is 19.4. The molecule has 2 N–H and O–H groups in total. The third-order valence-electron chi connectivity index (χ3n) is 6.16. The molecule has 1 fully saturated rings. The maximum absolute atomic E-state index is 13.8. The van der Waals surface area contributed by atoms with Crippen molar-refractivity contribution in [3.8, 4) is 0 Å². The van der Waals surface area contributed by atoms with Gasteiger partial charge in [0.05, 0.1) is 17.3 Å². The van der Waals surface area contributed by atoms with E-state index in [2.05, 4.69) is 20.5 Å². The van der Waals surface area contributed by atoms with Gasteiger partial charge in [-0.15, -0.1) is 0 Å². The standard InChI is InChI=1S/C23H22FN5O2/c1-13-10-15(24)12-29-19(11-25-21(13)29)23(31)26-16-8-6-14(7-9-16)20-17-4-2-3-5-18(17)22(30)28-27-20/h2-5,10-12,14,16H,6-9H2,1H3,(H,26,31)(H,28,30)/t14-,16-. The number of hydrogen-bond donors (Lipinski definition) is 2. The summed E-state index contributed by atoms with van der Waals surface area (Å²) in [4.78, 5) is 29.1. The fourth-order valence-corrected chi connectivity index (χ4v) is 4.60. The van der Waals surface area contributed by atoms with E-state index in [9.17, 15) is 14.0 Å². The molecule has 1 aliphatic carbocycles. The van der Waals surface area contributed by atoms with Crippen LogP contribution in [0.15, 0.2) is 47.5 Å². The molecule has 0 atom stereocenters. The number of nitrogens with zero attached hydrogens (tertiary/aromatic N) is 3. The lowest BCUT2D eigenvalue weighted by atomic mass is 9.82. The monoisotopic (exact) mass is 419 g/mol. The van der Waals surface area contributed by atoms with Gasteiger partial charge in [0.2, 0.25) is 0 Å². The maximum Gasteiger partial charge on any atom is 0.272 e. The van der Waals surface area contributed by atoms with Gasteiger partial charge in [0.25, 0.3) is 11.5 Å². The number of aromatic amines is 1. The van der Waals surface area contributed by atoms with Crippen molar-refractivity contribution < 1.29 is 9.18 Å². The second kappa shape index (κ2) is 7.61. The van der Waals surface area contributed by atoms with Crippen molar-refractivity contribution in [2.24, 2.45) is 0 Å². The highest BCUT2D eigenvalue weighted by atomic mass is 19.1. The first-order chi connectivity index (χ1) is 15.0. The van der Waals surface area contributed by atoms with Gasteiger partial charge in [-0.1, -0.05) is 18.2 Å². The lowest BCUT2D eigenvalue weighted by Crippen LogP contribution is -2.38. The first-order valence-corrected chi connectivity index (χ1v) is 10.4. The number of pyridine rings is 1. The molecule has 0 aliphatic heterocycles. The first-order valence-electron chi connectivity index (χ1n) is 10.4. The van der Waals surface area contributed by atoms with E-state index in [4.69, 9.17) is 0 Å². The number of amides is 1.